The topological polar surface area (TPSA) is 25.2 Å². The lowest BCUT2D eigenvalue weighted by Gasteiger charge is -2.27. The summed E-state index contributed by atoms with van der Waals surface area (Å²) in [5.74, 6) is -1.46. The van der Waals surface area contributed by atoms with Crippen LogP contribution in [0.4, 0.5) is 8.78 Å². The molecule has 0 aliphatic heterocycles. The van der Waals surface area contributed by atoms with Gasteiger partial charge in [-0.2, -0.15) is 0 Å². The molecule has 1 aliphatic rings. The second-order valence-electron chi connectivity index (χ2n) is 6.32. The number of thiazole rings is 1. The summed E-state index contributed by atoms with van der Waals surface area (Å²) in [6.45, 7) is 4.96. The highest BCUT2D eigenvalue weighted by atomic mass is 35.5. The standard InChI is InChI=1S/C16H23ClF2N2S/c1-11(12(2)14-10-22-15(17)21-14)9-20-8-5-13-3-6-16(18,19)7-4-13/h9-13H,3-8H2,1-2H3/t11-,12?/m0/s1. The summed E-state index contributed by atoms with van der Waals surface area (Å²) in [5.41, 5.74) is 1.00. The maximum Gasteiger partial charge on any atom is 0.248 e. The zero-order chi connectivity index (χ0) is 16.2. The van der Waals surface area contributed by atoms with Gasteiger partial charge in [-0.15, -0.1) is 11.3 Å². The molecule has 1 unspecified atom stereocenters. The van der Waals surface area contributed by atoms with Gasteiger partial charge in [-0.05, 0) is 31.1 Å². The molecule has 2 atom stereocenters. The van der Waals surface area contributed by atoms with Crippen molar-refractivity contribution in [2.45, 2.75) is 57.8 Å². The fourth-order valence-electron chi connectivity index (χ4n) is 2.76. The Morgan fingerprint density at radius 1 is 1.45 bits per heavy atom. The Kier molecular flexibility index (Phi) is 6.33. The van der Waals surface area contributed by atoms with E-state index >= 15 is 0 Å². The third-order valence-corrected chi connectivity index (χ3v) is 5.59. The largest absolute Gasteiger partial charge is 0.297 e. The van der Waals surface area contributed by atoms with E-state index in [9.17, 15) is 8.78 Å². The van der Waals surface area contributed by atoms with Crippen molar-refractivity contribution in [2.75, 3.05) is 6.54 Å². The second-order valence-corrected chi connectivity index (χ2v) is 7.76. The molecule has 0 spiro atoms. The Hall–Kier alpha value is -0.550. The highest BCUT2D eigenvalue weighted by Crippen LogP contribution is 2.37. The van der Waals surface area contributed by atoms with E-state index in [0.29, 0.717) is 23.2 Å². The number of aromatic nitrogens is 1. The molecule has 0 radical (unpaired) electrons. The lowest BCUT2D eigenvalue weighted by molar-refractivity contribution is -0.0462. The predicted octanol–water partition coefficient (Wildman–Crippen LogP) is 5.82. The molecule has 1 fully saturated rings. The van der Waals surface area contributed by atoms with Gasteiger partial charge in [-0.1, -0.05) is 25.4 Å². The van der Waals surface area contributed by atoms with E-state index in [2.05, 4.69) is 23.8 Å². The number of aliphatic imine (C=N–C) groups is 1. The minimum absolute atomic E-state index is 0.0411. The summed E-state index contributed by atoms with van der Waals surface area (Å²) in [4.78, 5) is 8.78. The highest BCUT2D eigenvalue weighted by molar-refractivity contribution is 7.13. The van der Waals surface area contributed by atoms with Crippen LogP contribution in [-0.4, -0.2) is 23.7 Å². The van der Waals surface area contributed by atoms with E-state index in [1.54, 1.807) is 0 Å². The first-order chi connectivity index (χ1) is 10.4. The smallest absolute Gasteiger partial charge is 0.248 e. The molecular formula is C16H23ClF2N2S. The van der Waals surface area contributed by atoms with Crippen LogP contribution in [-0.2, 0) is 0 Å². The van der Waals surface area contributed by atoms with Crippen LogP contribution < -0.4 is 0 Å². The Balaban J connectivity index is 1.71. The molecule has 2 rings (SSSR count). The molecule has 2 nitrogen and oxygen atoms in total. The second kappa shape index (κ2) is 7.82. The number of alkyl halides is 2. The zero-order valence-corrected chi connectivity index (χ0v) is 14.6. The van der Waals surface area contributed by atoms with Crippen LogP contribution in [0.15, 0.2) is 10.4 Å². The molecule has 1 aromatic heterocycles. The molecule has 22 heavy (non-hydrogen) atoms. The lowest BCUT2D eigenvalue weighted by Crippen LogP contribution is -2.24. The predicted molar refractivity (Wildman–Crippen MR) is 89.6 cm³/mol. The quantitative estimate of drug-likeness (QED) is 0.594. The molecular weight excluding hydrogens is 326 g/mol. The molecule has 0 bridgehead atoms. The maximum atomic E-state index is 13.1. The van der Waals surface area contributed by atoms with Crippen LogP contribution in [0.3, 0.4) is 0 Å². The van der Waals surface area contributed by atoms with Crippen molar-refractivity contribution >= 4 is 29.2 Å². The van der Waals surface area contributed by atoms with Crippen molar-refractivity contribution < 1.29 is 8.78 Å². The van der Waals surface area contributed by atoms with Gasteiger partial charge in [0, 0.05) is 36.9 Å². The van der Waals surface area contributed by atoms with E-state index in [1.165, 1.54) is 11.3 Å². The average molecular weight is 349 g/mol. The minimum Gasteiger partial charge on any atom is -0.297 e. The first kappa shape index (κ1) is 17.8. The Morgan fingerprint density at radius 3 is 2.73 bits per heavy atom. The zero-order valence-electron chi connectivity index (χ0n) is 13.1. The minimum atomic E-state index is -2.43. The first-order valence-electron chi connectivity index (χ1n) is 7.86. The number of hydrogen-bond acceptors (Lipinski definition) is 3. The molecule has 0 saturated heterocycles. The van der Waals surface area contributed by atoms with Gasteiger partial charge in [-0.25, -0.2) is 13.8 Å². The molecule has 0 N–H and O–H groups in total. The summed E-state index contributed by atoms with van der Waals surface area (Å²) in [6.07, 6.45) is 4.22. The van der Waals surface area contributed by atoms with Crippen molar-refractivity contribution in [3.63, 3.8) is 0 Å². The fourth-order valence-corrected chi connectivity index (χ4v) is 3.63. The van der Waals surface area contributed by atoms with Crippen molar-refractivity contribution in [3.8, 4) is 0 Å². The lowest BCUT2D eigenvalue weighted by atomic mass is 9.85. The van der Waals surface area contributed by atoms with E-state index < -0.39 is 5.92 Å². The van der Waals surface area contributed by atoms with Crippen LogP contribution in [0.2, 0.25) is 4.47 Å². The molecule has 1 heterocycles. The highest BCUT2D eigenvalue weighted by Gasteiger charge is 2.34. The van der Waals surface area contributed by atoms with E-state index in [0.717, 1.165) is 18.7 Å². The number of rotatable bonds is 6. The third-order valence-electron chi connectivity index (χ3n) is 4.59. The van der Waals surface area contributed by atoms with Crippen LogP contribution in [0.1, 0.15) is 57.6 Å². The van der Waals surface area contributed by atoms with Crippen molar-refractivity contribution in [1.29, 1.82) is 0 Å². The van der Waals surface area contributed by atoms with Gasteiger partial charge in [0.15, 0.2) is 4.47 Å². The summed E-state index contributed by atoms with van der Waals surface area (Å²) in [5, 5.41) is 1.99. The van der Waals surface area contributed by atoms with Gasteiger partial charge < -0.3 is 0 Å². The summed E-state index contributed by atoms with van der Waals surface area (Å²) < 4.78 is 26.7. The number of nitrogens with zero attached hydrogens (tertiary/aromatic N) is 2. The van der Waals surface area contributed by atoms with Gasteiger partial charge in [-0.3, -0.25) is 4.99 Å². The van der Waals surface area contributed by atoms with Gasteiger partial charge >= 0.3 is 0 Å². The summed E-state index contributed by atoms with van der Waals surface area (Å²) in [7, 11) is 0. The van der Waals surface area contributed by atoms with Crippen LogP contribution in [0.5, 0.6) is 0 Å². The first-order valence-corrected chi connectivity index (χ1v) is 9.12. The molecule has 6 heteroatoms. The van der Waals surface area contributed by atoms with E-state index in [-0.39, 0.29) is 24.7 Å². The van der Waals surface area contributed by atoms with E-state index in [4.69, 9.17) is 11.6 Å². The van der Waals surface area contributed by atoms with Gasteiger partial charge in [0.25, 0.3) is 0 Å². The Labute approximate surface area is 140 Å². The van der Waals surface area contributed by atoms with E-state index in [1.807, 2.05) is 11.6 Å². The molecule has 0 amide bonds. The molecule has 0 aromatic carbocycles. The Morgan fingerprint density at radius 2 is 2.14 bits per heavy atom. The summed E-state index contributed by atoms with van der Waals surface area (Å²) >= 11 is 7.31. The van der Waals surface area contributed by atoms with Gasteiger partial charge in [0.05, 0.1) is 5.69 Å². The Bertz CT molecular complexity index is 494. The average Bonchev–Trinajstić information content (AvgIpc) is 2.90. The normalized spacial score (nSPS) is 22.0. The monoisotopic (exact) mass is 348 g/mol. The van der Waals surface area contributed by atoms with Crippen LogP contribution in [0, 0.1) is 11.8 Å². The van der Waals surface area contributed by atoms with Gasteiger partial charge in [0.1, 0.15) is 0 Å². The maximum absolute atomic E-state index is 13.1. The third kappa shape index (κ3) is 5.27. The van der Waals surface area contributed by atoms with Crippen molar-refractivity contribution in [3.05, 3.63) is 15.5 Å². The SMILES string of the molecule is CC(c1csc(Cl)n1)[C@@H](C)C=NCCC1CCC(F)(F)CC1. The molecule has 1 aliphatic carbocycles. The molecule has 1 aromatic rings. The molecule has 124 valence electrons. The van der Waals surface area contributed by atoms with Crippen molar-refractivity contribution in [1.82, 2.24) is 4.98 Å². The van der Waals surface area contributed by atoms with Crippen LogP contribution >= 0.6 is 22.9 Å². The number of hydrogen-bond donors (Lipinski definition) is 0. The van der Waals surface area contributed by atoms with Gasteiger partial charge in [0.2, 0.25) is 5.92 Å². The fraction of sp³-hybridized carbons (Fsp3) is 0.750. The number of halogens is 3. The van der Waals surface area contributed by atoms with Crippen LogP contribution in [0.25, 0.3) is 0 Å². The molecule has 1 saturated carbocycles. The van der Waals surface area contributed by atoms with Crippen molar-refractivity contribution in [2.24, 2.45) is 16.8 Å². The summed E-state index contributed by atoms with van der Waals surface area (Å²) in [6, 6.07) is 0.